The Morgan fingerprint density at radius 1 is 1.00 bits per heavy atom. The largest absolute Gasteiger partial charge is 0.454 e. The van der Waals surface area contributed by atoms with E-state index in [9.17, 15) is 31.1 Å². The van der Waals surface area contributed by atoms with Gasteiger partial charge in [-0.05, 0) is 12.1 Å². The van der Waals surface area contributed by atoms with Gasteiger partial charge in [-0.3, -0.25) is 4.79 Å². The number of carbonyl (C=O) groups is 1. The maximum Gasteiger partial charge on any atom is 0.454 e. The number of hydrogen-bond acceptors (Lipinski definition) is 1. The number of carbonyl (C=O) groups excluding carboxylic acids is 1. The van der Waals surface area contributed by atoms with Gasteiger partial charge in [0.15, 0.2) is 0 Å². The highest BCUT2D eigenvalue weighted by atomic mass is 35.5. The van der Waals surface area contributed by atoms with Crippen LogP contribution in [0.15, 0.2) is 12.1 Å². The van der Waals surface area contributed by atoms with Crippen LogP contribution in [0.2, 0.25) is 10.0 Å². The lowest BCUT2D eigenvalue weighted by atomic mass is 10.1. The number of alkyl halides is 6. The van der Waals surface area contributed by atoms with Crippen LogP contribution in [-0.2, 0) is 6.18 Å². The van der Waals surface area contributed by atoms with E-state index in [4.69, 9.17) is 23.2 Å². The van der Waals surface area contributed by atoms with Crippen LogP contribution < -0.4 is 0 Å². The maximum absolute atomic E-state index is 12.3. The van der Waals surface area contributed by atoms with Gasteiger partial charge in [-0.1, -0.05) is 23.2 Å². The molecule has 18 heavy (non-hydrogen) atoms. The molecule has 1 aromatic carbocycles. The molecule has 0 aliphatic rings. The van der Waals surface area contributed by atoms with E-state index in [1.54, 1.807) is 0 Å². The lowest BCUT2D eigenvalue weighted by Gasteiger charge is -2.12. The van der Waals surface area contributed by atoms with Crippen LogP contribution in [-0.4, -0.2) is 12.0 Å². The zero-order valence-corrected chi connectivity index (χ0v) is 9.60. The lowest BCUT2D eigenvalue weighted by molar-refractivity contribution is -0.137. The molecule has 0 aromatic heterocycles. The molecule has 0 unspecified atom stereocenters. The molecule has 0 saturated carbocycles. The van der Waals surface area contributed by atoms with E-state index in [1.165, 1.54) is 0 Å². The molecule has 0 amide bonds. The number of rotatable bonds is 1. The minimum absolute atomic E-state index is 0.0179. The molecule has 1 aromatic rings. The van der Waals surface area contributed by atoms with Crippen molar-refractivity contribution in [1.29, 1.82) is 0 Å². The standard InChI is InChI=1S/C9H2Cl2F6O/c10-5-2-3(8(12,13)14)1-4(6(5)11)7(18)9(15,16)17/h1-2H. The molecule has 0 bridgehead atoms. The third kappa shape index (κ3) is 3.08. The number of Topliss-reactive ketones (excluding diaryl/α,β-unsaturated/α-hetero) is 1. The number of hydrogen-bond donors (Lipinski definition) is 0. The van der Waals surface area contributed by atoms with Gasteiger partial charge in [0, 0.05) is 5.56 Å². The molecule has 0 saturated heterocycles. The predicted molar refractivity (Wildman–Crippen MR) is 51.8 cm³/mol. The van der Waals surface area contributed by atoms with Crippen molar-refractivity contribution >= 4 is 29.0 Å². The average molecular weight is 311 g/mol. The molecular formula is C9H2Cl2F6O. The average Bonchev–Trinajstić information content (AvgIpc) is 2.17. The molecule has 0 atom stereocenters. The van der Waals surface area contributed by atoms with Gasteiger partial charge in [-0.15, -0.1) is 0 Å². The van der Waals surface area contributed by atoms with E-state index in [1.807, 2.05) is 0 Å². The van der Waals surface area contributed by atoms with Gasteiger partial charge in [-0.25, -0.2) is 0 Å². The summed E-state index contributed by atoms with van der Waals surface area (Å²) >= 11 is 10.6. The first-order chi connectivity index (χ1) is 7.94. The zero-order valence-electron chi connectivity index (χ0n) is 8.09. The van der Waals surface area contributed by atoms with Crippen molar-refractivity contribution in [2.24, 2.45) is 0 Å². The van der Waals surface area contributed by atoms with Crippen molar-refractivity contribution in [2.75, 3.05) is 0 Å². The van der Waals surface area contributed by atoms with Gasteiger partial charge in [-0.2, -0.15) is 26.3 Å². The van der Waals surface area contributed by atoms with Crippen LogP contribution in [0, 0.1) is 0 Å². The van der Waals surface area contributed by atoms with Crippen LogP contribution in [0.1, 0.15) is 15.9 Å². The van der Waals surface area contributed by atoms with Crippen LogP contribution in [0.3, 0.4) is 0 Å². The van der Waals surface area contributed by atoms with E-state index < -0.39 is 39.3 Å². The lowest BCUT2D eigenvalue weighted by Crippen LogP contribution is -2.23. The Morgan fingerprint density at radius 2 is 1.50 bits per heavy atom. The van der Waals surface area contributed by atoms with E-state index in [0.717, 1.165) is 0 Å². The summed E-state index contributed by atoms with van der Waals surface area (Å²) in [6.07, 6.45) is -10.3. The summed E-state index contributed by atoms with van der Waals surface area (Å²) in [6.45, 7) is 0. The third-order valence-corrected chi connectivity index (χ3v) is 2.66. The van der Waals surface area contributed by atoms with Gasteiger partial charge < -0.3 is 0 Å². The fraction of sp³-hybridized carbons (Fsp3) is 0.222. The summed E-state index contributed by atoms with van der Waals surface area (Å²) in [5, 5.41) is -1.65. The van der Waals surface area contributed by atoms with E-state index in [2.05, 4.69) is 0 Å². The van der Waals surface area contributed by atoms with Crippen molar-refractivity contribution in [3.05, 3.63) is 33.3 Å². The van der Waals surface area contributed by atoms with E-state index in [0.29, 0.717) is 6.07 Å². The molecule has 1 nitrogen and oxygen atoms in total. The fourth-order valence-electron chi connectivity index (χ4n) is 1.07. The Balaban J connectivity index is 3.46. The Bertz CT molecular complexity index is 491. The molecule has 9 heteroatoms. The summed E-state index contributed by atoms with van der Waals surface area (Å²) < 4.78 is 73.5. The molecule has 0 N–H and O–H groups in total. The van der Waals surface area contributed by atoms with Crippen molar-refractivity contribution in [3.63, 3.8) is 0 Å². The molecule has 0 spiro atoms. The van der Waals surface area contributed by atoms with E-state index >= 15 is 0 Å². The molecule has 0 radical (unpaired) electrons. The van der Waals surface area contributed by atoms with Crippen molar-refractivity contribution < 1.29 is 31.1 Å². The van der Waals surface area contributed by atoms with Crippen molar-refractivity contribution in [3.8, 4) is 0 Å². The first-order valence-electron chi connectivity index (χ1n) is 4.12. The minimum Gasteiger partial charge on any atom is -0.284 e. The summed E-state index contributed by atoms with van der Waals surface area (Å²) in [5.74, 6) is -2.49. The highest BCUT2D eigenvalue weighted by Crippen LogP contribution is 2.37. The van der Waals surface area contributed by atoms with Crippen LogP contribution in [0.25, 0.3) is 0 Å². The van der Waals surface area contributed by atoms with Crippen LogP contribution in [0.4, 0.5) is 26.3 Å². The Morgan fingerprint density at radius 3 is 1.89 bits per heavy atom. The molecule has 0 heterocycles. The first kappa shape index (κ1) is 15.1. The normalized spacial score (nSPS) is 12.7. The maximum atomic E-state index is 12.3. The molecule has 100 valence electrons. The first-order valence-corrected chi connectivity index (χ1v) is 4.88. The predicted octanol–water partition coefficient (Wildman–Crippen LogP) is 4.76. The SMILES string of the molecule is O=C(c1cc(C(F)(F)F)cc(Cl)c1Cl)C(F)(F)F. The van der Waals surface area contributed by atoms with Crippen molar-refractivity contribution in [2.45, 2.75) is 12.4 Å². The highest BCUT2D eigenvalue weighted by molar-refractivity contribution is 6.44. The Labute approximate surface area is 106 Å². The second kappa shape index (κ2) is 4.62. The van der Waals surface area contributed by atoms with Gasteiger partial charge in [0.25, 0.3) is 5.78 Å². The van der Waals surface area contributed by atoms with Gasteiger partial charge >= 0.3 is 12.4 Å². The quantitative estimate of drug-likeness (QED) is 0.540. The van der Waals surface area contributed by atoms with Gasteiger partial charge in [0.1, 0.15) is 0 Å². The van der Waals surface area contributed by atoms with Gasteiger partial charge in [0.2, 0.25) is 0 Å². The summed E-state index contributed by atoms with van der Waals surface area (Å²) in [7, 11) is 0. The summed E-state index contributed by atoms with van der Waals surface area (Å²) in [5.41, 5.74) is -2.81. The van der Waals surface area contributed by atoms with Gasteiger partial charge in [0.05, 0.1) is 15.6 Å². The number of ketones is 1. The second-order valence-corrected chi connectivity index (χ2v) is 3.93. The fourth-order valence-corrected chi connectivity index (χ4v) is 1.48. The monoisotopic (exact) mass is 310 g/mol. The number of benzene rings is 1. The van der Waals surface area contributed by atoms with Crippen LogP contribution in [0.5, 0.6) is 0 Å². The molecule has 0 aliphatic carbocycles. The Kier molecular flexibility index (Phi) is 3.88. The molecular weight excluding hydrogens is 309 g/mol. The highest BCUT2D eigenvalue weighted by Gasteiger charge is 2.42. The van der Waals surface area contributed by atoms with Crippen LogP contribution >= 0.6 is 23.2 Å². The Hall–Kier alpha value is -0.950. The van der Waals surface area contributed by atoms with Crippen molar-refractivity contribution in [1.82, 2.24) is 0 Å². The summed E-state index contributed by atoms with van der Waals surface area (Å²) in [4.78, 5) is 10.9. The topological polar surface area (TPSA) is 17.1 Å². The molecule has 0 aliphatic heterocycles. The number of halogens is 8. The van der Waals surface area contributed by atoms with E-state index in [-0.39, 0.29) is 6.07 Å². The molecule has 1 rings (SSSR count). The zero-order chi connectivity index (χ0) is 14.3. The second-order valence-electron chi connectivity index (χ2n) is 3.14. The smallest absolute Gasteiger partial charge is 0.284 e. The molecule has 0 fully saturated rings. The summed E-state index contributed by atoms with van der Waals surface area (Å²) in [6, 6.07) is 0.362. The third-order valence-electron chi connectivity index (χ3n) is 1.86. The minimum atomic E-state index is -5.34.